The van der Waals surface area contributed by atoms with Gasteiger partial charge in [-0.2, -0.15) is 0 Å². The van der Waals surface area contributed by atoms with Crippen LogP contribution in [0.15, 0.2) is 12.2 Å². The Balaban J connectivity index is 2.87. The Morgan fingerprint density at radius 1 is 0.846 bits per heavy atom. The molecule has 13 heavy (non-hydrogen) atoms. The fraction of sp³-hybridized carbons (Fsp3) is 0.833. The highest BCUT2D eigenvalue weighted by Gasteiger charge is 1.88. The van der Waals surface area contributed by atoms with E-state index in [0.29, 0.717) is 0 Å². The Hall–Kier alpha value is 0.470. The lowest BCUT2D eigenvalue weighted by Gasteiger charge is -1.98. The fourth-order valence-corrected chi connectivity index (χ4v) is 1.76. The van der Waals surface area contributed by atoms with Crippen molar-refractivity contribution in [3.63, 3.8) is 0 Å². The number of hydrogen-bond acceptors (Lipinski definition) is 0. The minimum absolute atomic E-state index is 1.16. The SMILES string of the molecule is CCCCCCCCC/C=C/CI. The zero-order valence-electron chi connectivity index (χ0n) is 8.90. The molecule has 0 N–H and O–H groups in total. The van der Waals surface area contributed by atoms with Crippen LogP contribution in [0.1, 0.15) is 58.3 Å². The molecule has 0 fully saturated rings. The molecule has 1 heteroatoms. The third-order valence-electron chi connectivity index (χ3n) is 2.23. The second-order valence-electron chi connectivity index (χ2n) is 3.54. The lowest BCUT2D eigenvalue weighted by molar-refractivity contribution is 0.592. The standard InChI is InChI=1S/C12H23I/c1-2-3-4-5-6-7-8-9-10-11-12-13/h10-11H,2-9,12H2,1H3/b11-10+. The first-order valence-electron chi connectivity index (χ1n) is 5.62. The van der Waals surface area contributed by atoms with Gasteiger partial charge < -0.3 is 0 Å². The van der Waals surface area contributed by atoms with E-state index in [2.05, 4.69) is 41.7 Å². The molecule has 0 aromatic rings. The Bertz CT molecular complexity index is 108. The summed E-state index contributed by atoms with van der Waals surface area (Å²) in [5.41, 5.74) is 0. The largest absolute Gasteiger partial charge is 0.0878 e. The molecule has 0 aliphatic heterocycles. The van der Waals surface area contributed by atoms with E-state index in [1.807, 2.05) is 0 Å². The zero-order chi connectivity index (χ0) is 9.78. The molecule has 0 aromatic carbocycles. The smallest absolute Gasteiger partial charge is 0.0175 e. The number of alkyl halides is 1. The highest BCUT2D eigenvalue weighted by atomic mass is 127. The van der Waals surface area contributed by atoms with Crippen molar-refractivity contribution in [1.82, 2.24) is 0 Å². The van der Waals surface area contributed by atoms with Gasteiger partial charge in [-0.3, -0.25) is 0 Å². The van der Waals surface area contributed by atoms with E-state index >= 15 is 0 Å². The summed E-state index contributed by atoms with van der Waals surface area (Å²) in [5.74, 6) is 0. The second kappa shape index (κ2) is 12.5. The summed E-state index contributed by atoms with van der Waals surface area (Å²) in [7, 11) is 0. The van der Waals surface area contributed by atoms with E-state index in [0.717, 1.165) is 4.43 Å². The minimum Gasteiger partial charge on any atom is -0.0878 e. The van der Waals surface area contributed by atoms with Gasteiger partial charge in [-0.25, -0.2) is 0 Å². The molecule has 0 heterocycles. The van der Waals surface area contributed by atoms with E-state index in [1.165, 1.54) is 51.4 Å². The first-order chi connectivity index (χ1) is 6.41. The number of hydrogen-bond donors (Lipinski definition) is 0. The molecule has 0 aliphatic rings. The normalized spacial score (nSPS) is 11.2. The predicted octanol–water partition coefficient (Wildman–Crippen LogP) is 5.12. The molecule has 0 spiro atoms. The van der Waals surface area contributed by atoms with Crippen LogP contribution in [-0.4, -0.2) is 4.43 Å². The van der Waals surface area contributed by atoms with Crippen LogP contribution >= 0.6 is 22.6 Å². The molecule has 78 valence electrons. The molecule has 0 saturated heterocycles. The first-order valence-corrected chi connectivity index (χ1v) is 7.15. The molecule has 0 aromatic heterocycles. The number of unbranched alkanes of at least 4 members (excludes halogenated alkanes) is 7. The third-order valence-corrected chi connectivity index (χ3v) is 2.74. The Kier molecular flexibility index (Phi) is 12.9. The Morgan fingerprint density at radius 3 is 2.08 bits per heavy atom. The van der Waals surface area contributed by atoms with E-state index < -0.39 is 0 Å². The van der Waals surface area contributed by atoms with Crippen molar-refractivity contribution < 1.29 is 0 Å². The maximum atomic E-state index is 2.38. The van der Waals surface area contributed by atoms with Gasteiger partial charge in [0.2, 0.25) is 0 Å². The van der Waals surface area contributed by atoms with Gasteiger partial charge in [-0.05, 0) is 12.8 Å². The van der Waals surface area contributed by atoms with Crippen LogP contribution < -0.4 is 0 Å². The summed E-state index contributed by atoms with van der Waals surface area (Å²) in [6.07, 6.45) is 15.8. The van der Waals surface area contributed by atoms with Crippen LogP contribution in [0, 0.1) is 0 Å². The van der Waals surface area contributed by atoms with Crippen molar-refractivity contribution in [2.45, 2.75) is 58.3 Å². The first kappa shape index (κ1) is 13.5. The number of allylic oxidation sites excluding steroid dienone is 2. The maximum Gasteiger partial charge on any atom is 0.0175 e. The summed E-state index contributed by atoms with van der Waals surface area (Å²) in [6.45, 7) is 2.27. The van der Waals surface area contributed by atoms with Gasteiger partial charge in [0, 0.05) is 4.43 Å². The molecule has 0 nitrogen and oxygen atoms in total. The van der Waals surface area contributed by atoms with Crippen LogP contribution in [0.5, 0.6) is 0 Å². The molecule has 0 saturated carbocycles. The fourth-order valence-electron chi connectivity index (χ4n) is 1.40. The predicted molar refractivity (Wildman–Crippen MR) is 70.6 cm³/mol. The quantitative estimate of drug-likeness (QED) is 0.240. The van der Waals surface area contributed by atoms with E-state index in [9.17, 15) is 0 Å². The summed E-state index contributed by atoms with van der Waals surface area (Å²) < 4.78 is 1.16. The molecule has 0 radical (unpaired) electrons. The monoisotopic (exact) mass is 294 g/mol. The average molecular weight is 294 g/mol. The van der Waals surface area contributed by atoms with Gasteiger partial charge in [0.1, 0.15) is 0 Å². The highest BCUT2D eigenvalue weighted by Crippen LogP contribution is 2.08. The molecule has 0 rings (SSSR count). The van der Waals surface area contributed by atoms with Crippen LogP contribution in [0.2, 0.25) is 0 Å². The summed E-state index contributed by atoms with van der Waals surface area (Å²) in [6, 6.07) is 0. The topological polar surface area (TPSA) is 0 Å². The van der Waals surface area contributed by atoms with Crippen LogP contribution in [0.3, 0.4) is 0 Å². The molecular weight excluding hydrogens is 271 g/mol. The van der Waals surface area contributed by atoms with Crippen molar-refractivity contribution in [2.24, 2.45) is 0 Å². The summed E-state index contributed by atoms with van der Waals surface area (Å²) in [4.78, 5) is 0. The van der Waals surface area contributed by atoms with Gasteiger partial charge in [0.25, 0.3) is 0 Å². The van der Waals surface area contributed by atoms with E-state index in [-0.39, 0.29) is 0 Å². The summed E-state index contributed by atoms with van der Waals surface area (Å²) in [5, 5.41) is 0. The van der Waals surface area contributed by atoms with Gasteiger partial charge in [0.15, 0.2) is 0 Å². The average Bonchev–Trinajstić information content (AvgIpc) is 2.16. The number of rotatable bonds is 9. The van der Waals surface area contributed by atoms with Crippen molar-refractivity contribution in [3.8, 4) is 0 Å². The number of halogens is 1. The third kappa shape index (κ3) is 12.5. The van der Waals surface area contributed by atoms with Crippen LogP contribution in [-0.2, 0) is 0 Å². The van der Waals surface area contributed by atoms with Gasteiger partial charge in [-0.15, -0.1) is 0 Å². The molecule has 0 unspecified atom stereocenters. The minimum atomic E-state index is 1.16. The summed E-state index contributed by atoms with van der Waals surface area (Å²) >= 11 is 2.38. The van der Waals surface area contributed by atoms with Crippen molar-refractivity contribution in [1.29, 1.82) is 0 Å². The molecular formula is C12H23I. The Morgan fingerprint density at radius 2 is 1.46 bits per heavy atom. The Labute approximate surface area is 97.3 Å². The zero-order valence-corrected chi connectivity index (χ0v) is 11.1. The highest BCUT2D eigenvalue weighted by molar-refractivity contribution is 14.1. The van der Waals surface area contributed by atoms with E-state index in [4.69, 9.17) is 0 Å². The van der Waals surface area contributed by atoms with Gasteiger partial charge in [-0.1, -0.05) is 80.2 Å². The van der Waals surface area contributed by atoms with Crippen molar-refractivity contribution in [2.75, 3.05) is 4.43 Å². The van der Waals surface area contributed by atoms with Gasteiger partial charge in [0.05, 0.1) is 0 Å². The molecule has 0 bridgehead atoms. The lowest BCUT2D eigenvalue weighted by atomic mass is 10.1. The van der Waals surface area contributed by atoms with Crippen LogP contribution in [0.4, 0.5) is 0 Å². The van der Waals surface area contributed by atoms with Crippen molar-refractivity contribution >= 4 is 22.6 Å². The molecule has 0 aliphatic carbocycles. The van der Waals surface area contributed by atoms with Crippen molar-refractivity contribution in [3.05, 3.63) is 12.2 Å². The van der Waals surface area contributed by atoms with Gasteiger partial charge >= 0.3 is 0 Å². The maximum absolute atomic E-state index is 2.38. The van der Waals surface area contributed by atoms with Crippen LogP contribution in [0.25, 0.3) is 0 Å². The van der Waals surface area contributed by atoms with E-state index in [1.54, 1.807) is 0 Å². The second-order valence-corrected chi connectivity index (χ2v) is 4.42. The molecule has 0 amide bonds. The molecule has 0 atom stereocenters. The lowest BCUT2D eigenvalue weighted by Crippen LogP contribution is -1.78.